The van der Waals surface area contributed by atoms with Gasteiger partial charge in [0, 0.05) is 11.6 Å². The van der Waals surface area contributed by atoms with E-state index in [4.69, 9.17) is 0 Å². The molecule has 0 radical (unpaired) electrons. The summed E-state index contributed by atoms with van der Waals surface area (Å²) in [4.78, 5) is 0. The minimum atomic E-state index is 0.699. The first-order valence-electron chi connectivity index (χ1n) is 4.36. The molecule has 1 aromatic rings. The Morgan fingerprint density at radius 2 is 2.25 bits per heavy atom. The third kappa shape index (κ3) is 2.91. The lowest BCUT2D eigenvalue weighted by molar-refractivity contribution is -0.605. The van der Waals surface area contributed by atoms with Crippen LogP contribution in [0.3, 0.4) is 0 Å². The van der Waals surface area contributed by atoms with Crippen LogP contribution in [0.2, 0.25) is 0 Å². The number of rotatable bonds is 3. The summed E-state index contributed by atoms with van der Waals surface area (Å²) in [6.45, 7) is 4.38. The summed E-state index contributed by atoms with van der Waals surface area (Å²) in [5.41, 5.74) is 1.13. The molecule has 0 aliphatic heterocycles. The lowest BCUT2D eigenvalue weighted by atomic mass is 10.0. The van der Waals surface area contributed by atoms with E-state index < -0.39 is 0 Å². The van der Waals surface area contributed by atoms with Crippen molar-refractivity contribution in [2.45, 2.75) is 26.7 Å². The van der Waals surface area contributed by atoms with Gasteiger partial charge in [0.15, 0.2) is 12.4 Å². The van der Waals surface area contributed by atoms with E-state index in [0.29, 0.717) is 5.92 Å². The maximum atomic E-state index is 10.9. The normalized spacial score (nSPS) is 10.6. The van der Waals surface area contributed by atoms with Crippen LogP contribution in [0.25, 0.3) is 0 Å². The first-order valence-corrected chi connectivity index (χ1v) is 4.36. The molecule has 2 nitrogen and oxygen atoms in total. The van der Waals surface area contributed by atoms with Crippen molar-refractivity contribution >= 4 is 0 Å². The largest absolute Gasteiger partial charge is 0.619 e. The molecule has 1 heterocycles. The van der Waals surface area contributed by atoms with Gasteiger partial charge in [-0.05, 0) is 24.8 Å². The van der Waals surface area contributed by atoms with Gasteiger partial charge in [0.1, 0.15) is 0 Å². The van der Waals surface area contributed by atoms with Crippen LogP contribution in [0.15, 0.2) is 24.5 Å². The SMILES string of the molecule is CC(C)CCc1ccc[n+]([O-])c1. The number of hydrogen-bond acceptors (Lipinski definition) is 1. The minimum Gasteiger partial charge on any atom is -0.619 e. The molecule has 0 aliphatic carbocycles. The van der Waals surface area contributed by atoms with Crippen molar-refractivity contribution in [1.29, 1.82) is 0 Å². The van der Waals surface area contributed by atoms with Crippen molar-refractivity contribution in [3.63, 3.8) is 0 Å². The molecule has 0 N–H and O–H groups in total. The summed E-state index contributed by atoms with van der Waals surface area (Å²) in [6.07, 6.45) is 5.30. The molecule has 66 valence electrons. The molecule has 0 fully saturated rings. The predicted molar refractivity (Wildman–Crippen MR) is 48.6 cm³/mol. The molecule has 0 atom stereocenters. The molecule has 0 saturated heterocycles. The molecule has 1 aromatic heterocycles. The van der Waals surface area contributed by atoms with Crippen molar-refractivity contribution in [1.82, 2.24) is 0 Å². The second-order valence-corrected chi connectivity index (χ2v) is 3.50. The summed E-state index contributed by atoms with van der Waals surface area (Å²) < 4.78 is 0.857. The van der Waals surface area contributed by atoms with Gasteiger partial charge in [-0.2, -0.15) is 4.73 Å². The summed E-state index contributed by atoms with van der Waals surface area (Å²) >= 11 is 0. The van der Waals surface area contributed by atoms with Gasteiger partial charge in [0.2, 0.25) is 0 Å². The third-order valence-corrected chi connectivity index (χ3v) is 1.85. The molecule has 1 rings (SSSR count). The van der Waals surface area contributed by atoms with Crippen LogP contribution >= 0.6 is 0 Å². The monoisotopic (exact) mass is 165 g/mol. The molecular weight excluding hydrogens is 150 g/mol. The maximum absolute atomic E-state index is 10.9. The Morgan fingerprint density at radius 3 is 2.83 bits per heavy atom. The minimum absolute atomic E-state index is 0.699. The Bertz CT molecular complexity index is 245. The van der Waals surface area contributed by atoms with Crippen LogP contribution in [-0.2, 0) is 6.42 Å². The molecule has 0 unspecified atom stereocenters. The Morgan fingerprint density at radius 1 is 1.50 bits per heavy atom. The van der Waals surface area contributed by atoms with Crippen LogP contribution < -0.4 is 4.73 Å². The molecular formula is C10H15NO. The van der Waals surface area contributed by atoms with Gasteiger partial charge in [-0.3, -0.25) is 0 Å². The average Bonchev–Trinajstić information content (AvgIpc) is 2.01. The fraction of sp³-hybridized carbons (Fsp3) is 0.500. The van der Waals surface area contributed by atoms with Gasteiger partial charge >= 0.3 is 0 Å². The van der Waals surface area contributed by atoms with Crippen LogP contribution in [0, 0.1) is 11.1 Å². The Kier molecular flexibility index (Phi) is 3.09. The Labute approximate surface area is 73.4 Å². The van der Waals surface area contributed by atoms with E-state index in [1.807, 2.05) is 6.07 Å². The molecule has 12 heavy (non-hydrogen) atoms. The average molecular weight is 165 g/mol. The van der Waals surface area contributed by atoms with E-state index in [9.17, 15) is 5.21 Å². The van der Waals surface area contributed by atoms with E-state index in [0.717, 1.165) is 23.1 Å². The Hall–Kier alpha value is -1.05. The van der Waals surface area contributed by atoms with Gasteiger partial charge in [-0.1, -0.05) is 13.8 Å². The second kappa shape index (κ2) is 4.10. The second-order valence-electron chi connectivity index (χ2n) is 3.50. The first-order chi connectivity index (χ1) is 5.68. The highest BCUT2D eigenvalue weighted by molar-refractivity contribution is 5.05. The first kappa shape index (κ1) is 9.04. The van der Waals surface area contributed by atoms with Crippen molar-refractivity contribution in [2.75, 3.05) is 0 Å². The molecule has 0 aliphatic rings. The van der Waals surface area contributed by atoms with E-state index in [-0.39, 0.29) is 0 Å². The van der Waals surface area contributed by atoms with E-state index >= 15 is 0 Å². The summed E-state index contributed by atoms with van der Waals surface area (Å²) in [5.74, 6) is 0.699. The molecule has 0 bridgehead atoms. The standard InChI is InChI=1S/C10H15NO/c1-9(2)5-6-10-4-3-7-11(12)8-10/h3-4,7-9H,5-6H2,1-2H3. The van der Waals surface area contributed by atoms with E-state index in [2.05, 4.69) is 13.8 Å². The predicted octanol–water partition coefficient (Wildman–Crippen LogP) is 1.91. The zero-order valence-electron chi connectivity index (χ0n) is 7.66. The van der Waals surface area contributed by atoms with Crippen LogP contribution in [-0.4, -0.2) is 0 Å². The van der Waals surface area contributed by atoms with Crippen molar-refractivity contribution < 1.29 is 4.73 Å². The molecule has 2 heteroatoms. The summed E-state index contributed by atoms with van der Waals surface area (Å²) in [5, 5.41) is 10.9. The number of aryl methyl sites for hydroxylation is 1. The molecule has 0 spiro atoms. The van der Waals surface area contributed by atoms with E-state index in [1.165, 1.54) is 6.20 Å². The molecule has 0 aromatic carbocycles. The van der Waals surface area contributed by atoms with Gasteiger partial charge in [0.05, 0.1) is 0 Å². The third-order valence-electron chi connectivity index (χ3n) is 1.85. The van der Waals surface area contributed by atoms with Gasteiger partial charge in [0.25, 0.3) is 0 Å². The Balaban J connectivity index is 2.52. The number of pyridine rings is 1. The topological polar surface area (TPSA) is 26.9 Å². The van der Waals surface area contributed by atoms with E-state index in [1.54, 1.807) is 12.3 Å². The highest BCUT2D eigenvalue weighted by Crippen LogP contribution is 2.06. The van der Waals surface area contributed by atoms with Crippen LogP contribution in [0.4, 0.5) is 0 Å². The fourth-order valence-electron chi connectivity index (χ4n) is 1.10. The zero-order chi connectivity index (χ0) is 8.97. The molecule has 0 amide bonds. The van der Waals surface area contributed by atoms with Gasteiger partial charge in [-0.25, -0.2) is 0 Å². The van der Waals surface area contributed by atoms with Crippen LogP contribution in [0.1, 0.15) is 25.8 Å². The number of nitrogens with zero attached hydrogens (tertiary/aromatic N) is 1. The van der Waals surface area contributed by atoms with Gasteiger partial charge < -0.3 is 5.21 Å². The lowest BCUT2D eigenvalue weighted by Gasteiger charge is -2.03. The number of aromatic nitrogens is 1. The highest BCUT2D eigenvalue weighted by Gasteiger charge is 1.99. The quantitative estimate of drug-likeness (QED) is 0.496. The maximum Gasteiger partial charge on any atom is 0.183 e. The zero-order valence-corrected chi connectivity index (χ0v) is 7.66. The lowest BCUT2D eigenvalue weighted by Crippen LogP contribution is -2.24. The van der Waals surface area contributed by atoms with Crippen LogP contribution in [0.5, 0.6) is 0 Å². The fourth-order valence-corrected chi connectivity index (χ4v) is 1.10. The number of hydrogen-bond donors (Lipinski definition) is 0. The van der Waals surface area contributed by atoms with Crippen molar-refractivity contribution in [3.8, 4) is 0 Å². The summed E-state index contributed by atoms with van der Waals surface area (Å²) in [6, 6.07) is 3.79. The smallest absolute Gasteiger partial charge is 0.183 e. The van der Waals surface area contributed by atoms with Crippen molar-refractivity contribution in [2.24, 2.45) is 5.92 Å². The highest BCUT2D eigenvalue weighted by atomic mass is 16.5. The molecule has 0 saturated carbocycles. The summed E-state index contributed by atoms with van der Waals surface area (Å²) in [7, 11) is 0. The van der Waals surface area contributed by atoms with Gasteiger partial charge in [-0.15, -0.1) is 0 Å². The van der Waals surface area contributed by atoms with Crippen molar-refractivity contribution in [3.05, 3.63) is 35.3 Å².